The van der Waals surface area contributed by atoms with Crippen LogP contribution in [0.3, 0.4) is 0 Å². The maximum absolute atomic E-state index is 11.9. The molecule has 0 amide bonds. The second-order valence-electron chi connectivity index (χ2n) is 3.99. The summed E-state index contributed by atoms with van der Waals surface area (Å²) < 4.78 is 42.5. The van der Waals surface area contributed by atoms with Gasteiger partial charge in [0.25, 0.3) is 10.0 Å². The molecule has 8 nitrogen and oxygen atoms in total. The average molecular weight is 364 g/mol. The third-order valence-corrected chi connectivity index (χ3v) is 5.19. The minimum Gasteiger partial charge on any atom is -0.420 e. The van der Waals surface area contributed by atoms with Gasteiger partial charge < -0.3 is 9.42 Å². The predicted molar refractivity (Wildman–Crippen MR) is 79.1 cm³/mol. The lowest BCUT2D eigenvalue weighted by atomic mass is 10.5. The molecule has 0 saturated carbocycles. The predicted octanol–water partition coefficient (Wildman–Crippen LogP) is 1.63. The summed E-state index contributed by atoms with van der Waals surface area (Å²) in [5.74, 6) is -0.118. The highest BCUT2D eigenvalue weighted by Gasteiger charge is 2.26. The summed E-state index contributed by atoms with van der Waals surface area (Å²) >= 11 is 5.70. The topological polar surface area (TPSA) is 118 Å². The first kappa shape index (κ1) is 16.9. The van der Waals surface area contributed by atoms with Crippen molar-refractivity contribution < 1.29 is 22.4 Å². The lowest BCUT2D eigenvalue weighted by molar-refractivity contribution is 0.377. The van der Waals surface area contributed by atoms with Gasteiger partial charge in [-0.2, -0.15) is 4.72 Å². The summed E-state index contributed by atoms with van der Waals surface area (Å²) in [6, 6.07) is 7.07. The van der Waals surface area contributed by atoms with Crippen LogP contribution in [0.2, 0.25) is 5.15 Å². The molecule has 2 rings (SSSR count). The van der Waals surface area contributed by atoms with Gasteiger partial charge in [0.05, 0.1) is 0 Å². The van der Waals surface area contributed by atoms with Gasteiger partial charge in [0.1, 0.15) is 6.29 Å². The van der Waals surface area contributed by atoms with Crippen LogP contribution in [-0.4, -0.2) is 29.6 Å². The van der Waals surface area contributed by atoms with Gasteiger partial charge in [-0.25, -0.2) is 23.0 Å². The normalized spacial score (nSPS) is 14.3. The lowest BCUT2D eigenvalue weighted by Gasteiger charge is -2.14. The number of sulfonamides is 1. The van der Waals surface area contributed by atoms with Crippen molar-refractivity contribution in [2.24, 2.45) is 0 Å². The number of pyridine rings is 2. The van der Waals surface area contributed by atoms with Crippen LogP contribution in [0.25, 0.3) is 0 Å². The largest absolute Gasteiger partial charge is 0.420 e. The zero-order valence-electron chi connectivity index (χ0n) is 11.0. The fraction of sp³-hybridized carbons (Fsp3) is 0.0909. The van der Waals surface area contributed by atoms with E-state index in [9.17, 15) is 17.9 Å². The number of hydrogen-bond acceptors (Lipinski definition) is 6. The molecule has 118 valence electrons. The summed E-state index contributed by atoms with van der Waals surface area (Å²) in [5.41, 5.74) is 0. The molecule has 2 aromatic heterocycles. The molecule has 22 heavy (non-hydrogen) atoms. The monoisotopic (exact) mass is 363 g/mol. The zero-order chi connectivity index (χ0) is 16.2. The summed E-state index contributed by atoms with van der Waals surface area (Å²) in [4.78, 5) is 17.0. The molecule has 0 fully saturated rings. The fourth-order valence-corrected chi connectivity index (χ4v) is 4.04. The summed E-state index contributed by atoms with van der Waals surface area (Å²) in [6.07, 6.45) is 1.83. The molecule has 0 aliphatic heterocycles. The molecule has 0 radical (unpaired) electrons. The number of hydrogen-bond donors (Lipinski definition) is 2. The Labute approximate surface area is 131 Å². The molecule has 0 aromatic carbocycles. The first-order chi connectivity index (χ1) is 10.3. The maximum Gasteiger partial charge on any atom is 0.391 e. The third-order valence-electron chi connectivity index (χ3n) is 2.33. The Hall–Kier alpha value is -1.51. The van der Waals surface area contributed by atoms with E-state index in [1.807, 2.05) is 4.72 Å². The average Bonchev–Trinajstić information content (AvgIpc) is 2.49. The van der Waals surface area contributed by atoms with Crippen LogP contribution in [0, 0.1) is 0 Å². The maximum atomic E-state index is 11.9. The SMILES string of the molecule is O=P(O)(CNS(=O)(=O)c1ccccn1)Oc1cccnc1Cl. The highest BCUT2D eigenvalue weighted by Crippen LogP contribution is 2.43. The summed E-state index contributed by atoms with van der Waals surface area (Å²) in [6.45, 7) is 0. The quantitative estimate of drug-likeness (QED) is 0.591. The minimum atomic E-state index is -4.30. The van der Waals surface area contributed by atoms with E-state index in [1.54, 1.807) is 6.07 Å². The minimum absolute atomic E-state index is 0.107. The Balaban J connectivity index is 2.07. The van der Waals surface area contributed by atoms with Crippen LogP contribution in [-0.2, 0) is 14.6 Å². The second-order valence-corrected chi connectivity index (χ2v) is 7.84. The Morgan fingerprint density at radius 3 is 2.59 bits per heavy atom. The van der Waals surface area contributed by atoms with Crippen molar-refractivity contribution >= 4 is 29.2 Å². The van der Waals surface area contributed by atoms with Gasteiger partial charge in [-0.05, 0) is 24.3 Å². The summed E-state index contributed by atoms with van der Waals surface area (Å²) in [7, 11) is -8.32. The van der Waals surface area contributed by atoms with Crippen molar-refractivity contribution in [3.63, 3.8) is 0 Å². The van der Waals surface area contributed by atoms with Crippen LogP contribution < -0.4 is 9.25 Å². The van der Waals surface area contributed by atoms with Crippen LogP contribution in [0.4, 0.5) is 0 Å². The molecule has 2 heterocycles. The van der Waals surface area contributed by atoms with Gasteiger partial charge in [0.15, 0.2) is 15.9 Å². The number of halogens is 1. The van der Waals surface area contributed by atoms with Gasteiger partial charge >= 0.3 is 7.60 Å². The van der Waals surface area contributed by atoms with Gasteiger partial charge in [-0.3, -0.25) is 0 Å². The molecule has 11 heteroatoms. The first-order valence-corrected chi connectivity index (χ1v) is 9.45. The van der Waals surface area contributed by atoms with E-state index in [0.717, 1.165) is 0 Å². The van der Waals surface area contributed by atoms with Gasteiger partial charge in [-0.1, -0.05) is 17.7 Å². The van der Waals surface area contributed by atoms with E-state index in [4.69, 9.17) is 16.1 Å². The van der Waals surface area contributed by atoms with E-state index in [0.29, 0.717) is 0 Å². The number of nitrogens with one attached hydrogen (secondary N) is 1. The van der Waals surface area contributed by atoms with Crippen LogP contribution >= 0.6 is 19.2 Å². The Morgan fingerprint density at radius 2 is 1.95 bits per heavy atom. The number of aromatic nitrogens is 2. The molecule has 1 atom stereocenters. The first-order valence-electron chi connectivity index (χ1n) is 5.83. The number of rotatable bonds is 6. The highest BCUT2D eigenvalue weighted by atomic mass is 35.5. The van der Waals surface area contributed by atoms with E-state index < -0.39 is 23.9 Å². The highest BCUT2D eigenvalue weighted by molar-refractivity contribution is 7.89. The smallest absolute Gasteiger partial charge is 0.391 e. The van der Waals surface area contributed by atoms with E-state index in [1.165, 1.54) is 36.7 Å². The van der Waals surface area contributed by atoms with Crippen molar-refractivity contribution in [1.82, 2.24) is 14.7 Å². The van der Waals surface area contributed by atoms with Crippen molar-refractivity contribution in [2.45, 2.75) is 5.03 Å². The van der Waals surface area contributed by atoms with E-state index in [2.05, 4.69) is 9.97 Å². The zero-order valence-corrected chi connectivity index (χ0v) is 13.4. The Kier molecular flexibility index (Phi) is 5.15. The van der Waals surface area contributed by atoms with Crippen molar-refractivity contribution in [2.75, 3.05) is 6.29 Å². The summed E-state index contributed by atoms with van der Waals surface area (Å²) in [5, 5.41) is -0.376. The lowest BCUT2D eigenvalue weighted by Crippen LogP contribution is -2.26. The molecule has 1 unspecified atom stereocenters. The Morgan fingerprint density at radius 1 is 1.23 bits per heavy atom. The second kappa shape index (κ2) is 6.72. The molecule has 0 aliphatic rings. The fourth-order valence-electron chi connectivity index (χ4n) is 1.37. The third kappa shape index (κ3) is 4.49. The van der Waals surface area contributed by atoms with E-state index >= 15 is 0 Å². The Bertz CT molecular complexity index is 802. The molecule has 0 bridgehead atoms. The molecule has 0 saturated heterocycles. The molecule has 0 aliphatic carbocycles. The molecular weight excluding hydrogens is 353 g/mol. The van der Waals surface area contributed by atoms with Gasteiger partial charge in [0, 0.05) is 12.4 Å². The molecular formula is C11H11ClN3O5PS. The molecule has 2 aromatic rings. The van der Waals surface area contributed by atoms with Gasteiger partial charge in [-0.15, -0.1) is 0 Å². The molecule has 0 spiro atoms. The number of nitrogens with zero attached hydrogens (tertiary/aromatic N) is 2. The van der Waals surface area contributed by atoms with Crippen LogP contribution in [0.1, 0.15) is 0 Å². The van der Waals surface area contributed by atoms with E-state index in [-0.39, 0.29) is 15.9 Å². The van der Waals surface area contributed by atoms with Crippen molar-refractivity contribution in [3.05, 3.63) is 47.9 Å². The van der Waals surface area contributed by atoms with Gasteiger partial charge in [0.2, 0.25) is 0 Å². The standard InChI is InChI=1S/C11H11ClN3O5PS/c12-11-9(4-3-7-14-11)20-21(16,17)8-15-22(18,19)10-5-1-2-6-13-10/h1-7,15H,8H2,(H,16,17). The van der Waals surface area contributed by atoms with Crippen molar-refractivity contribution in [3.8, 4) is 5.75 Å². The molecule has 2 N–H and O–H groups in total. The van der Waals surface area contributed by atoms with Crippen LogP contribution in [0.15, 0.2) is 47.8 Å². The van der Waals surface area contributed by atoms with Crippen molar-refractivity contribution in [1.29, 1.82) is 0 Å². The van der Waals surface area contributed by atoms with Crippen LogP contribution in [0.5, 0.6) is 5.75 Å².